The second-order valence-corrected chi connectivity index (χ2v) is 6.16. The van der Waals surface area contributed by atoms with E-state index in [4.69, 9.17) is 4.74 Å². The highest BCUT2D eigenvalue weighted by Gasteiger charge is 2.40. The average Bonchev–Trinajstić information content (AvgIpc) is 2.50. The van der Waals surface area contributed by atoms with Gasteiger partial charge in [-0.05, 0) is 31.2 Å². The molecule has 120 valence electrons. The zero-order valence-electron chi connectivity index (χ0n) is 13.6. The van der Waals surface area contributed by atoms with Crippen molar-refractivity contribution in [3.63, 3.8) is 0 Å². The van der Waals surface area contributed by atoms with Crippen molar-refractivity contribution in [1.29, 1.82) is 0 Å². The molecule has 0 amide bonds. The summed E-state index contributed by atoms with van der Waals surface area (Å²) < 4.78 is 5.81. The van der Waals surface area contributed by atoms with Crippen LogP contribution in [0.25, 0.3) is 0 Å². The van der Waals surface area contributed by atoms with Crippen LogP contribution in [0.1, 0.15) is 57.9 Å². The molecule has 1 heterocycles. The number of aliphatic hydroxyl groups is 1. The molecular weight excluding hydrogens is 276 g/mol. The molecule has 1 aromatic rings. The molecule has 22 heavy (non-hydrogen) atoms. The Hall–Kier alpha value is -1.77. The molecule has 1 aliphatic rings. The van der Waals surface area contributed by atoms with E-state index in [1.165, 1.54) is 5.56 Å². The number of hydrogen-bond acceptors (Lipinski definition) is 3. The fraction of sp³-hybridized carbons (Fsp3) is 0.526. The van der Waals surface area contributed by atoms with Gasteiger partial charge in [0.05, 0.1) is 5.57 Å². The molecule has 0 fully saturated rings. The van der Waals surface area contributed by atoms with Gasteiger partial charge in [-0.1, -0.05) is 57.0 Å². The summed E-state index contributed by atoms with van der Waals surface area (Å²) >= 11 is 0. The maximum Gasteiger partial charge on any atom is 0.337 e. The normalized spacial score (nSPS) is 21.8. The Balaban J connectivity index is 2.14. The van der Waals surface area contributed by atoms with Crippen LogP contribution >= 0.6 is 0 Å². The molecule has 0 bridgehead atoms. The predicted octanol–water partition coefficient (Wildman–Crippen LogP) is 4.72. The van der Waals surface area contributed by atoms with E-state index >= 15 is 0 Å². The molecule has 1 N–H and O–H groups in total. The third kappa shape index (κ3) is 3.90. The maximum absolute atomic E-state index is 12.3. The minimum atomic E-state index is -0.553. The van der Waals surface area contributed by atoms with Crippen molar-refractivity contribution < 1.29 is 14.6 Å². The van der Waals surface area contributed by atoms with Gasteiger partial charge in [0.2, 0.25) is 0 Å². The van der Waals surface area contributed by atoms with E-state index in [1.54, 1.807) is 0 Å². The molecule has 0 aliphatic carbocycles. The average molecular weight is 302 g/mol. The summed E-state index contributed by atoms with van der Waals surface area (Å²) in [6.07, 6.45) is 5.19. The van der Waals surface area contributed by atoms with Gasteiger partial charge in [0.1, 0.15) is 11.4 Å². The molecule has 0 saturated carbocycles. The van der Waals surface area contributed by atoms with Crippen molar-refractivity contribution in [2.75, 3.05) is 0 Å². The first-order chi connectivity index (χ1) is 10.6. The molecule has 2 rings (SSSR count). The summed E-state index contributed by atoms with van der Waals surface area (Å²) in [5.41, 5.74) is 1.15. The van der Waals surface area contributed by atoms with Gasteiger partial charge in [-0.15, -0.1) is 0 Å². The number of esters is 1. The Labute approximate surface area is 133 Å². The molecule has 0 spiro atoms. The summed E-state index contributed by atoms with van der Waals surface area (Å²) in [6.45, 7) is 4.08. The second-order valence-electron chi connectivity index (χ2n) is 6.16. The van der Waals surface area contributed by atoms with Gasteiger partial charge >= 0.3 is 5.97 Å². The standard InChI is InChI=1S/C19H26O3/c1-3-8-16-17(20)14-19(12-4-2,22-18(16)21)13-11-15-9-6-5-7-10-15/h5-7,9-10,20H,3-4,8,11-14H2,1-2H3. The van der Waals surface area contributed by atoms with Gasteiger partial charge in [-0.2, -0.15) is 0 Å². The second kappa shape index (κ2) is 7.48. The van der Waals surface area contributed by atoms with Crippen molar-refractivity contribution in [2.24, 2.45) is 0 Å². The Morgan fingerprint density at radius 1 is 1.09 bits per heavy atom. The lowest BCUT2D eigenvalue weighted by atomic mass is 9.83. The highest BCUT2D eigenvalue weighted by molar-refractivity contribution is 5.90. The number of carbonyl (C=O) groups excluding carboxylic acids is 1. The van der Waals surface area contributed by atoms with Crippen LogP contribution in [0.15, 0.2) is 41.7 Å². The van der Waals surface area contributed by atoms with Crippen LogP contribution in [0, 0.1) is 0 Å². The predicted molar refractivity (Wildman–Crippen MR) is 87.7 cm³/mol. The zero-order valence-corrected chi connectivity index (χ0v) is 13.6. The first-order valence-electron chi connectivity index (χ1n) is 8.28. The van der Waals surface area contributed by atoms with Gasteiger partial charge in [-0.3, -0.25) is 0 Å². The molecule has 1 aromatic carbocycles. The van der Waals surface area contributed by atoms with E-state index in [2.05, 4.69) is 19.1 Å². The van der Waals surface area contributed by atoms with Crippen LogP contribution in [0.5, 0.6) is 0 Å². The van der Waals surface area contributed by atoms with Crippen molar-refractivity contribution in [3.8, 4) is 0 Å². The topological polar surface area (TPSA) is 46.5 Å². The molecule has 1 aliphatic heterocycles. The Kier molecular flexibility index (Phi) is 5.64. The molecule has 0 saturated heterocycles. The molecule has 3 heteroatoms. The monoisotopic (exact) mass is 302 g/mol. The molecule has 1 atom stereocenters. The van der Waals surface area contributed by atoms with E-state index in [9.17, 15) is 9.90 Å². The fourth-order valence-corrected chi connectivity index (χ4v) is 3.20. The SMILES string of the molecule is CCCC1=C(O)CC(CCC)(CCc2ccccc2)OC1=O. The van der Waals surface area contributed by atoms with Crippen molar-refractivity contribution in [2.45, 2.75) is 64.4 Å². The van der Waals surface area contributed by atoms with Crippen LogP contribution in [0.2, 0.25) is 0 Å². The van der Waals surface area contributed by atoms with Crippen molar-refractivity contribution in [1.82, 2.24) is 0 Å². The number of aryl methyl sites for hydroxylation is 1. The lowest BCUT2D eigenvalue weighted by Gasteiger charge is -2.37. The van der Waals surface area contributed by atoms with Gasteiger partial charge in [-0.25, -0.2) is 4.79 Å². The Bertz CT molecular complexity index is 533. The first kappa shape index (κ1) is 16.6. The number of aliphatic hydroxyl groups excluding tert-OH is 1. The number of hydrogen-bond donors (Lipinski definition) is 1. The highest BCUT2D eigenvalue weighted by Crippen LogP contribution is 2.37. The zero-order chi connectivity index (χ0) is 16.0. The van der Waals surface area contributed by atoms with Gasteiger partial charge in [0.15, 0.2) is 0 Å². The highest BCUT2D eigenvalue weighted by atomic mass is 16.6. The summed E-state index contributed by atoms with van der Waals surface area (Å²) in [7, 11) is 0. The Morgan fingerprint density at radius 2 is 1.82 bits per heavy atom. The van der Waals surface area contributed by atoms with E-state index in [0.29, 0.717) is 18.4 Å². The maximum atomic E-state index is 12.3. The fourth-order valence-electron chi connectivity index (χ4n) is 3.20. The van der Waals surface area contributed by atoms with Crippen LogP contribution in [0.3, 0.4) is 0 Å². The summed E-state index contributed by atoms with van der Waals surface area (Å²) in [5.74, 6) is -0.0910. The number of benzene rings is 1. The van der Waals surface area contributed by atoms with E-state index in [-0.39, 0.29) is 11.7 Å². The molecular formula is C19H26O3. The lowest BCUT2D eigenvalue weighted by molar-refractivity contribution is -0.161. The number of carbonyl (C=O) groups is 1. The van der Waals surface area contributed by atoms with Crippen LogP contribution in [-0.4, -0.2) is 16.7 Å². The van der Waals surface area contributed by atoms with E-state index in [0.717, 1.165) is 32.1 Å². The van der Waals surface area contributed by atoms with Gasteiger partial charge in [0.25, 0.3) is 0 Å². The summed E-state index contributed by atoms with van der Waals surface area (Å²) in [5, 5.41) is 10.3. The minimum absolute atomic E-state index is 0.236. The van der Waals surface area contributed by atoms with Crippen LogP contribution < -0.4 is 0 Å². The third-order valence-corrected chi connectivity index (χ3v) is 4.31. The summed E-state index contributed by atoms with van der Waals surface area (Å²) in [4.78, 5) is 12.3. The smallest absolute Gasteiger partial charge is 0.337 e. The number of cyclic esters (lactones) is 1. The quantitative estimate of drug-likeness (QED) is 0.741. The third-order valence-electron chi connectivity index (χ3n) is 4.31. The van der Waals surface area contributed by atoms with Crippen molar-refractivity contribution >= 4 is 5.97 Å². The minimum Gasteiger partial charge on any atom is -0.512 e. The van der Waals surface area contributed by atoms with E-state index in [1.807, 2.05) is 25.1 Å². The molecule has 0 radical (unpaired) electrons. The van der Waals surface area contributed by atoms with Crippen molar-refractivity contribution in [3.05, 3.63) is 47.2 Å². The van der Waals surface area contributed by atoms with Gasteiger partial charge < -0.3 is 9.84 Å². The van der Waals surface area contributed by atoms with Crippen LogP contribution in [-0.2, 0) is 16.0 Å². The largest absolute Gasteiger partial charge is 0.512 e. The molecule has 1 unspecified atom stereocenters. The number of ether oxygens (including phenoxy) is 1. The number of rotatable bonds is 7. The van der Waals surface area contributed by atoms with E-state index < -0.39 is 5.60 Å². The Morgan fingerprint density at radius 3 is 2.41 bits per heavy atom. The van der Waals surface area contributed by atoms with Crippen LogP contribution in [0.4, 0.5) is 0 Å². The molecule has 3 nitrogen and oxygen atoms in total. The molecule has 0 aromatic heterocycles. The summed E-state index contributed by atoms with van der Waals surface area (Å²) in [6, 6.07) is 10.2. The lowest BCUT2D eigenvalue weighted by Crippen LogP contribution is -2.40. The van der Waals surface area contributed by atoms with Gasteiger partial charge in [0, 0.05) is 6.42 Å². The first-order valence-corrected chi connectivity index (χ1v) is 8.28.